The number of hydrogen-bond acceptors (Lipinski definition) is 4. The molecule has 1 heterocycles. The average molecular weight is 448 g/mol. The Labute approximate surface area is 189 Å². The maximum absolute atomic E-state index is 13.3. The number of nitrogens with one attached hydrogen (secondary N) is 1. The lowest BCUT2D eigenvalue weighted by molar-refractivity contribution is -0.133. The molecule has 1 aromatic carbocycles. The van der Waals surface area contributed by atoms with Gasteiger partial charge in [-0.05, 0) is 56.8 Å². The maximum atomic E-state index is 13.3. The standard InChI is InChI=1S/C24H39N2O4Si/c1-23(2,3)21(30-31(7)8)19(25-22(28)29-24(4,5)6)15-20(27)26-14-13-17-11-9-10-12-18(17)16-26/h9-12,19,21H,13-16H2,1-8H3,(H,25,28). The molecule has 0 fully saturated rings. The lowest BCUT2D eigenvalue weighted by atomic mass is 9.83. The first-order valence-electron chi connectivity index (χ1n) is 11.1. The van der Waals surface area contributed by atoms with Crippen molar-refractivity contribution in [3.63, 3.8) is 0 Å². The molecule has 0 spiro atoms. The van der Waals surface area contributed by atoms with Crippen LogP contribution in [-0.4, -0.2) is 50.2 Å². The number of alkyl carbamates (subject to hydrolysis) is 1. The second-order valence-corrected chi connectivity index (χ2v) is 12.7. The summed E-state index contributed by atoms with van der Waals surface area (Å²) in [5.74, 6) is 0.0226. The molecule has 1 N–H and O–H groups in total. The van der Waals surface area contributed by atoms with Crippen LogP contribution in [0.15, 0.2) is 24.3 Å². The van der Waals surface area contributed by atoms with Gasteiger partial charge in [0.25, 0.3) is 0 Å². The van der Waals surface area contributed by atoms with Gasteiger partial charge < -0.3 is 19.4 Å². The van der Waals surface area contributed by atoms with E-state index in [0.29, 0.717) is 13.1 Å². The molecule has 7 heteroatoms. The first-order valence-corrected chi connectivity index (χ1v) is 13.5. The molecule has 2 rings (SSSR count). The first-order chi connectivity index (χ1) is 14.3. The van der Waals surface area contributed by atoms with Crippen molar-refractivity contribution in [3.05, 3.63) is 35.4 Å². The largest absolute Gasteiger partial charge is 0.444 e. The molecule has 173 valence electrons. The van der Waals surface area contributed by atoms with Gasteiger partial charge in [-0.25, -0.2) is 4.79 Å². The van der Waals surface area contributed by atoms with Crippen LogP contribution in [0.1, 0.15) is 59.1 Å². The predicted molar refractivity (Wildman–Crippen MR) is 125 cm³/mol. The highest BCUT2D eigenvalue weighted by Gasteiger charge is 2.38. The zero-order chi connectivity index (χ0) is 23.4. The first kappa shape index (κ1) is 25.4. The number of carbonyl (C=O) groups excluding carboxylic acids is 2. The van der Waals surface area contributed by atoms with E-state index < -0.39 is 26.8 Å². The minimum Gasteiger partial charge on any atom is -0.444 e. The van der Waals surface area contributed by atoms with Crippen molar-refractivity contribution in [1.82, 2.24) is 10.2 Å². The Bertz CT molecular complexity index is 768. The second-order valence-electron chi connectivity index (χ2n) is 10.6. The van der Waals surface area contributed by atoms with Gasteiger partial charge in [-0.3, -0.25) is 4.79 Å². The highest BCUT2D eigenvalue weighted by Crippen LogP contribution is 2.28. The smallest absolute Gasteiger partial charge is 0.407 e. The van der Waals surface area contributed by atoms with Crippen molar-refractivity contribution in [2.24, 2.45) is 5.41 Å². The van der Waals surface area contributed by atoms with Crippen LogP contribution >= 0.6 is 0 Å². The molecule has 2 amide bonds. The minimum absolute atomic E-state index is 0.0226. The molecule has 1 aliphatic heterocycles. The molecule has 1 aliphatic rings. The van der Waals surface area contributed by atoms with Crippen LogP contribution in [0.3, 0.4) is 0 Å². The van der Waals surface area contributed by atoms with E-state index in [2.05, 4.69) is 51.3 Å². The van der Waals surface area contributed by atoms with Gasteiger partial charge in [0, 0.05) is 19.5 Å². The fourth-order valence-electron chi connectivity index (χ4n) is 3.83. The van der Waals surface area contributed by atoms with Crippen LogP contribution in [0, 0.1) is 5.41 Å². The topological polar surface area (TPSA) is 67.9 Å². The Morgan fingerprint density at radius 1 is 1.10 bits per heavy atom. The molecule has 31 heavy (non-hydrogen) atoms. The molecule has 0 saturated heterocycles. The quantitative estimate of drug-likeness (QED) is 0.650. The summed E-state index contributed by atoms with van der Waals surface area (Å²) in [4.78, 5) is 27.8. The van der Waals surface area contributed by atoms with Gasteiger partial charge in [0.05, 0.1) is 12.1 Å². The van der Waals surface area contributed by atoms with Crippen LogP contribution < -0.4 is 5.32 Å². The Balaban J connectivity index is 2.20. The van der Waals surface area contributed by atoms with Crippen molar-refractivity contribution < 1.29 is 18.8 Å². The molecule has 0 aliphatic carbocycles. The Morgan fingerprint density at radius 2 is 1.71 bits per heavy atom. The van der Waals surface area contributed by atoms with Gasteiger partial charge >= 0.3 is 6.09 Å². The third-order valence-corrected chi connectivity index (χ3v) is 5.89. The summed E-state index contributed by atoms with van der Waals surface area (Å²) in [6.45, 7) is 17.1. The van der Waals surface area contributed by atoms with E-state index in [-0.39, 0.29) is 23.8 Å². The van der Waals surface area contributed by atoms with E-state index in [9.17, 15) is 9.59 Å². The number of carbonyl (C=O) groups is 2. The van der Waals surface area contributed by atoms with E-state index in [0.717, 1.165) is 6.42 Å². The van der Waals surface area contributed by atoms with E-state index in [1.54, 1.807) is 0 Å². The van der Waals surface area contributed by atoms with Crippen molar-refractivity contribution in [1.29, 1.82) is 0 Å². The van der Waals surface area contributed by atoms with Gasteiger partial charge in [0.15, 0.2) is 0 Å². The number of hydrogen-bond donors (Lipinski definition) is 1. The Morgan fingerprint density at radius 3 is 2.26 bits per heavy atom. The van der Waals surface area contributed by atoms with Crippen molar-refractivity contribution in [2.45, 2.75) is 91.8 Å². The lowest BCUT2D eigenvalue weighted by Gasteiger charge is -2.39. The average Bonchev–Trinajstić information content (AvgIpc) is 2.62. The molecule has 6 nitrogen and oxygen atoms in total. The predicted octanol–water partition coefficient (Wildman–Crippen LogP) is 4.54. The number of benzene rings is 1. The molecule has 0 bridgehead atoms. The van der Waals surface area contributed by atoms with Crippen LogP contribution in [0.2, 0.25) is 13.1 Å². The minimum atomic E-state index is -1.05. The van der Waals surface area contributed by atoms with Crippen molar-refractivity contribution >= 4 is 21.0 Å². The normalized spacial score (nSPS) is 16.5. The zero-order valence-corrected chi connectivity index (χ0v) is 21.4. The van der Waals surface area contributed by atoms with Crippen LogP contribution in [0.25, 0.3) is 0 Å². The van der Waals surface area contributed by atoms with Crippen LogP contribution in [0.5, 0.6) is 0 Å². The molecular formula is C24H39N2O4Si. The summed E-state index contributed by atoms with van der Waals surface area (Å²) in [6, 6.07) is 7.78. The SMILES string of the molecule is C[Si](C)OC(C(CC(=O)N1CCc2ccccc2C1)NC(=O)OC(C)(C)C)C(C)(C)C. The number of nitrogens with zero attached hydrogens (tertiary/aromatic N) is 1. The van der Waals surface area contributed by atoms with Crippen molar-refractivity contribution in [2.75, 3.05) is 6.54 Å². The summed E-state index contributed by atoms with van der Waals surface area (Å²) < 4.78 is 11.8. The maximum Gasteiger partial charge on any atom is 0.407 e. The van der Waals surface area contributed by atoms with Crippen LogP contribution in [-0.2, 0) is 26.9 Å². The molecular weight excluding hydrogens is 408 g/mol. The molecule has 1 aromatic rings. The number of ether oxygens (including phenoxy) is 1. The third-order valence-electron chi connectivity index (χ3n) is 5.16. The highest BCUT2D eigenvalue weighted by molar-refractivity contribution is 6.48. The Hall–Kier alpha value is -1.86. The van der Waals surface area contributed by atoms with E-state index in [4.69, 9.17) is 9.16 Å². The monoisotopic (exact) mass is 447 g/mol. The lowest BCUT2D eigenvalue weighted by Crippen LogP contribution is -2.54. The van der Waals surface area contributed by atoms with Gasteiger partial charge in [0.2, 0.25) is 14.9 Å². The van der Waals surface area contributed by atoms with Gasteiger partial charge in [0.1, 0.15) is 5.60 Å². The van der Waals surface area contributed by atoms with Gasteiger partial charge in [-0.1, -0.05) is 45.0 Å². The van der Waals surface area contributed by atoms with Gasteiger partial charge in [-0.2, -0.15) is 0 Å². The molecule has 1 radical (unpaired) electrons. The number of fused-ring (bicyclic) bond motifs is 1. The number of rotatable bonds is 6. The van der Waals surface area contributed by atoms with Crippen LogP contribution in [0.4, 0.5) is 4.79 Å². The Kier molecular flexibility index (Phi) is 8.33. The van der Waals surface area contributed by atoms with E-state index in [1.165, 1.54) is 11.1 Å². The molecule has 0 saturated carbocycles. The highest BCUT2D eigenvalue weighted by atomic mass is 28.3. The summed E-state index contributed by atoms with van der Waals surface area (Å²) in [5, 5.41) is 2.96. The summed E-state index contributed by atoms with van der Waals surface area (Å²) in [6.07, 6.45) is 0.207. The second kappa shape index (κ2) is 10.2. The fraction of sp³-hybridized carbons (Fsp3) is 0.667. The third kappa shape index (κ3) is 7.96. The number of amides is 2. The summed E-state index contributed by atoms with van der Waals surface area (Å²) in [5.41, 5.74) is 1.62. The summed E-state index contributed by atoms with van der Waals surface area (Å²) >= 11 is 0. The molecule has 2 unspecified atom stereocenters. The van der Waals surface area contributed by atoms with E-state index in [1.807, 2.05) is 37.8 Å². The van der Waals surface area contributed by atoms with E-state index >= 15 is 0 Å². The summed E-state index contributed by atoms with van der Waals surface area (Å²) in [7, 11) is -1.05. The van der Waals surface area contributed by atoms with Gasteiger partial charge in [-0.15, -0.1) is 0 Å². The zero-order valence-electron chi connectivity index (χ0n) is 20.4. The molecule has 2 atom stereocenters. The fourth-order valence-corrected chi connectivity index (χ4v) is 4.86. The van der Waals surface area contributed by atoms with Crippen molar-refractivity contribution in [3.8, 4) is 0 Å². The molecule has 0 aromatic heterocycles.